The number of aliphatic hydroxyl groups is 1. The van der Waals surface area contributed by atoms with Crippen molar-refractivity contribution in [2.24, 2.45) is 0 Å². The van der Waals surface area contributed by atoms with Gasteiger partial charge >= 0.3 is 0 Å². The zero-order valence-corrected chi connectivity index (χ0v) is 12.3. The molecule has 112 valence electrons. The molecule has 1 amide bonds. The lowest BCUT2D eigenvalue weighted by atomic mass is 10.0. The highest BCUT2D eigenvalue weighted by Gasteiger charge is 2.32. The van der Waals surface area contributed by atoms with Crippen LogP contribution in [0.1, 0.15) is 22.7 Å². The van der Waals surface area contributed by atoms with Crippen LogP contribution in [0.4, 0.5) is 0 Å². The molecular weight excluding hydrogens is 274 g/mol. The maximum Gasteiger partial charge on any atom is 0.247 e. The second-order valence-corrected chi connectivity index (χ2v) is 5.69. The maximum atomic E-state index is 12.3. The Kier molecular flexibility index (Phi) is 4.07. The number of amides is 1. The molecule has 0 heterocycles. The number of hydrogen-bond donors (Lipinski definition) is 2. The second kappa shape index (κ2) is 6.16. The molecule has 2 aromatic carbocycles. The van der Waals surface area contributed by atoms with Crippen molar-refractivity contribution < 1.29 is 9.90 Å². The Morgan fingerprint density at radius 1 is 1.14 bits per heavy atom. The van der Waals surface area contributed by atoms with Crippen LogP contribution in [0.2, 0.25) is 0 Å². The lowest BCUT2D eigenvalue weighted by molar-refractivity contribution is -0.119. The average molecular weight is 293 g/mol. The van der Waals surface area contributed by atoms with Crippen LogP contribution in [0.15, 0.2) is 66.7 Å². The van der Waals surface area contributed by atoms with Gasteiger partial charge in [-0.3, -0.25) is 4.79 Å². The molecule has 1 aliphatic carbocycles. The summed E-state index contributed by atoms with van der Waals surface area (Å²) in [6, 6.07) is 17.2. The van der Waals surface area contributed by atoms with Crippen molar-refractivity contribution in [2.45, 2.75) is 25.0 Å². The first kappa shape index (κ1) is 14.5. The van der Waals surface area contributed by atoms with Crippen molar-refractivity contribution in [3.8, 4) is 0 Å². The van der Waals surface area contributed by atoms with Gasteiger partial charge in [0.25, 0.3) is 0 Å². The standard InChI is InChI=1S/C19H19NO2/c1-13(11-14-7-3-2-4-8-14)19(22)20-18-16-10-6-5-9-15(16)12-17(18)21/h2-10,17-18,21H,1,11-12H2,(H,20,22)/t17-,18+/m1/s1. The van der Waals surface area contributed by atoms with Gasteiger partial charge in [0.05, 0.1) is 12.1 Å². The van der Waals surface area contributed by atoms with Gasteiger partial charge in [-0.05, 0) is 16.7 Å². The fourth-order valence-corrected chi connectivity index (χ4v) is 2.91. The van der Waals surface area contributed by atoms with E-state index in [1.807, 2.05) is 54.6 Å². The lowest BCUT2D eigenvalue weighted by Gasteiger charge is -2.18. The normalized spacial score (nSPS) is 19.5. The van der Waals surface area contributed by atoms with Crippen LogP contribution in [0, 0.1) is 0 Å². The monoisotopic (exact) mass is 293 g/mol. The number of benzene rings is 2. The number of aliphatic hydroxyl groups excluding tert-OH is 1. The molecule has 3 nitrogen and oxygen atoms in total. The third kappa shape index (κ3) is 2.95. The van der Waals surface area contributed by atoms with Gasteiger partial charge < -0.3 is 10.4 Å². The predicted octanol–water partition coefficient (Wildman–Crippen LogP) is 2.56. The SMILES string of the molecule is C=C(Cc1ccccc1)C(=O)N[C@H]1c2ccccc2C[C@H]1O. The number of rotatable bonds is 4. The Hall–Kier alpha value is -2.39. The third-order valence-corrected chi connectivity index (χ3v) is 4.07. The van der Waals surface area contributed by atoms with Crippen molar-refractivity contribution in [1.82, 2.24) is 5.32 Å². The highest BCUT2D eigenvalue weighted by molar-refractivity contribution is 5.93. The van der Waals surface area contributed by atoms with Crippen molar-refractivity contribution >= 4 is 5.91 Å². The Labute approximate surface area is 130 Å². The Morgan fingerprint density at radius 3 is 2.59 bits per heavy atom. The van der Waals surface area contributed by atoms with E-state index < -0.39 is 6.10 Å². The smallest absolute Gasteiger partial charge is 0.247 e. The molecule has 0 aliphatic heterocycles. The quantitative estimate of drug-likeness (QED) is 0.851. The van der Waals surface area contributed by atoms with Crippen LogP contribution >= 0.6 is 0 Å². The molecule has 2 aromatic rings. The van der Waals surface area contributed by atoms with Gasteiger partial charge in [0.15, 0.2) is 0 Å². The second-order valence-electron chi connectivity index (χ2n) is 5.69. The Morgan fingerprint density at radius 2 is 1.82 bits per heavy atom. The number of fused-ring (bicyclic) bond motifs is 1. The van der Waals surface area contributed by atoms with Gasteiger partial charge in [0, 0.05) is 18.4 Å². The van der Waals surface area contributed by atoms with E-state index >= 15 is 0 Å². The van der Waals surface area contributed by atoms with E-state index in [2.05, 4.69) is 11.9 Å². The summed E-state index contributed by atoms with van der Waals surface area (Å²) < 4.78 is 0. The summed E-state index contributed by atoms with van der Waals surface area (Å²) >= 11 is 0. The van der Waals surface area contributed by atoms with Crippen LogP contribution < -0.4 is 5.32 Å². The zero-order chi connectivity index (χ0) is 15.5. The summed E-state index contributed by atoms with van der Waals surface area (Å²) in [7, 11) is 0. The topological polar surface area (TPSA) is 49.3 Å². The van der Waals surface area contributed by atoms with E-state index in [1.54, 1.807) is 0 Å². The molecule has 0 aromatic heterocycles. The van der Waals surface area contributed by atoms with Crippen molar-refractivity contribution in [2.75, 3.05) is 0 Å². The molecule has 0 bridgehead atoms. The number of carbonyl (C=O) groups is 1. The number of nitrogens with one attached hydrogen (secondary N) is 1. The molecule has 0 radical (unpaired) electrons. The van der Waals surface area contributed by atoms with Crippen molar-refractivity contribution in [3.05, 3.63) is 83.4 Å². The minimum atomic E-state index is -0.578. The van der Waals surface area contributed by atoms with E-state index in [-0.39, 0.29) is 11.9 Å². The van der Waals surface area contributed by atoms with Crippen molar-refractivity contribution in [1.29, 1.82) is 0 Å². The van der Waals surface area contributed by atoms with Crippen LogP contribution in [0.5, 0.6) is 0 Å². The van der Waals surface area contributed by atoms with E-state index in [0.717, 1.165) is 16.7 Å². The molecule has 0 unspecified atom stereocenters. The fourth-order valence-electron chi connectivity index (χ4n) is 2.91. The Bertz CT molecular complexity index is 694. The summed E-state index contributed by atoms with van der Waals surface area (Å²) in [5.41, 5.74) is 3.64. The highest BCUT2D eigenvalue weighted by Crippen LogP contribution is 2.31. The summed E-state index contributed by atoms with van der Waals surface area (Å²) in [4.78, 5) is 12.3. The van der Waals surface area contributed by atoms with E-state index in [4.69, 9.17) is 0 Å². The number of hydrogen-bond acceptors (Lipinski definition) is 2. The molecule has 22 heavy (non-hydrogen) atoms. The molecule has 0 fully saturated rings. The van der Waals surface area contributed by atoms with Gasteiger partial charge in [-0.15, -0.1) is 0 Å². The van der Waals surface area contributed by atoms with Crippen LogP contribution in [0.25, 0.3) is 0 Å². The molecule has 3 heteroatoms. The molecule has 2 N–H and O–H groups in total. The third-order valence-electron chi connectivity index (χ3n) is 4.07. The van der Waals surface area contributed by atoms with E-state index in [9.17, 15) is 9.90 Å². The van der Waals surface area contributed by atoms with Gasteiger partial charge in [-0.25, -0.2) is 0 Å². The summed E-state index contributed by atoms with van der Waals surface area (Å²) in [6.07, 6.45) is 0.509. The summed E-state index contributed by atoms with van der Waals surface area (Å²) in [5, 5.41) is 13.1. The summed E-state index contributed by atoms with van der Waals surface area (Å²) in [5.74, 6) is -0.204. The maximum absolute atomic E-state index is 12.3. The molecule has 2 atom stereocenters. The zero-order valence-electron chi connectivity index (χ0n) is 12.3. The largest absolute Gasteiger partial charge is 0.390 e. The van der Waals surface area contributed by atoms with Gasteiger partial charge in [-0.2, -0.15) is 0 Å². The predicted molar refractivity (Wildman–Crippen MR) is 86.3 cm³/mol. The van der Waals surface area contributed by atoms with Crippen molar-refractivity contribution in [3.63, 3.8) is 0 Å². The van der Waals surface area contributed by atoms with E-state index in [0.29, 0.717) is 18.4 Å². The molecular formula is C19H19NO2. The van der Waals surface area contributed by atoms with Gasteiger partial charge in [0.1, 0.15) is 0 Å². The Balaban J connectivity index is 1.68. The van der Waals surface area contributed by atoms with E-state index in [1.165, 1.54) is 0 Å². The molecule has 0 spiro atoms. The van der Waals surface area contributed by atoms with Crippen LogP contribution in [-0.2, 0) is 17.6 Å². The fraction of sp³-hybridized carbons (Fsp3) is 0.211. The lowest BCUT2D eigenvalue weighted by Crippen LogP contribution is -2.34. The first-order valence-corrected chi connectivity index (χ1v) is 7.43. The minimum absolute atomic E-state index is 0.204. The van der Waals surface area contributed by atoms with Gasteiger partial charge in [0.2, 0.25) is 5.91 Å². The van der Waals surface area contributed by atoms with Crippen LogP contribution in [0.3, 0.4) is 0 Å². The number of carbonyl (C=O) groups excluding carboxylic acids is 1. The molecule has 0 saturated heterocycles. The molecule has 3 rings (SSSR count). The first-order chi connectivity index (χ1) is 10.6. The molecule has 0 saturated carbocycles. The minimum Gasteiger partial charge on any atom is -0.390 e. The summed E-state index contributed by atoms with van der Waals surface area (Å²) in [6.45, 7) is 3.88. The molecule has 1 aliphatic rings. The first-order valence-electron chi connectivity index (χ1n) is 7.43. The average Bonchev–Trinajstić information content (AvgIpc) is 2.84. The van der Waals surface area contributed by atoms with Gasteiger partial charge in [-0.1, -0.05) is 61.2 Å². The van der Waals surface area contributed by atoms with Crippen LogP contribution in [-0.4, -0.2) is 17.1 Å². The highest BCUT2D eigenvalue weighted by atomic mass is 16.3.